The van der Waals surface area contributed by atoms with Gasteiger partial charge in [0.05, 0.1) is 6.10 Å². The van der Waals surface area contributed by atoms with Crippen molar-refractivity contribution in [2.75, 3.05) is 6.61 Å². The minimum absolute atomic E-state index is 0.170. The van der Waals surface area contributed by atoms with Crippen LogP contribution >= 0.6 is 0 Å². The zero-order valence-corrected chi connectivity index (χ0v) is 14.5. The van der Waals surface area contributed by atoms with E-state index in [4.69, 9.17) is 9.47 Å². The van der Waals surface area contributed by atoms with E-state index in [9.17, 15) is 5.11 Å². The molecule has 1 aromatic rings. The predicted molar refractivity (Wildman–Crippen MR) is 86.8 cm³/mol. The van der Waals surface area contributed by atoms with Gasteiger partial charge < -0.3 is 14.6 Å². The summed E-state index contributed by atoms with van der Waals surface area (Å²) in [6, 6.07) is 6.35. The number of hydrogen-bond acceptors (Lipinski definition) is 3. The summed E-state index contributed by atoms with van der Waals surface area (Å²) in [5.74, 6) is -0.260. The van der Waals surface area contributed by atoms with Gasteiger partial charge in [-0.1, -0.05) is 32.9 Å². The molecule has 0 spiro atoms. The Morgan fingerprint density at radius 3 is 2.29 bits per heavy atom. The van der Waals surface area contributed by atoms with Crippen molar-refractivity contribution in [1.82, 2.24) is 0 Å². The number of benzene rings is 1. The molecule has 3 heteroatoms. The summed E-state index contributed by atoms with van der Waals surface area (Å²) in [4.78, 5) is 0. The maximum Gasteiger partial charge on any atom is 0.160 e. The molecule has 0 aliphatic heterocycles. The molecule has 0 saturated carbocycles. The fraction of sp³-hybridized carbons (Fsp3) is 0.667. The van der Waals surface area contributed by atoms with Crippen LogP contribution in [-0.4, -0.2) is 23.6 Å². The fourth-order valence-electron chi connectivity index (χ4n) is 2.17. The SMILES string of the molecule is CCC(C)(C)c1ccc(OCC(C)OC(C)(C)O)c(C)c1. The summed E-state index contributed by atoms with van der Waals surface area (Å²) in [6.07, 6.45) is 0.930. The van der Waals surface area contributed by atoms with E-state index in [-0.39, 0.29) is 11.5 Å². The summed E-state index contributed by atoms with van der Waals surface area (Å²) in [7, 11) is 0. The van der Waals surface area contributed by atoms with Crippen molar-refractivity contribution in [3.8, 4) is 5.75 Å². The number of hydrogen-bond donors (Lipinski definition) is 1. The lowest BCUT2D eigenvalue weighted by atomic mass is 9.81. The van der Waals surface area contributed by atoms with E-state index in [2.05, 4.69) is 39.8 Å². The Bertz CT molecular complexity index is 458. The third-order valence-electron chi connectivity index (χ3n) is 3.80. The summed E-state index contributed by atoms with van der Waals surface area (Å²) in [6.45, 7) is 14.3. The first-order valence-corrected chi connectivity index (χ1v) is 7.69. The van der Waals surface area contributed by atoms with Crippen LogP contribution < -0.4 is 4.74 Å². The highest BCUT2D eigenvalue weighted by molar-refractivity contribution is 5.39. The maximum atomic E-state index is 9.62. The van der Waals surface area contributed by atoms with E-state index < -0.39 is 5.79 Å². The van der Waals surface area contributed by atoms with Crippen LogP contribution in [0.25, 0.3) is 0 Å². The molecule has 1 atom stereocenters. The van der Waals surface area contributed by atoms with Gasteiger partial charge in [-0.05, 0) is 56.7 Å². The molecule has 0 saturated heterocycles. The van der Waals surface area contributed by atoms with E-state index in [1.807, 2.05) is 13.0 Å². The summed E-state index contributed by atoms with van der Waals surface area (Å²) < 4.78 is 11.2. The van der Waals surface area contributed by atoms with Crippen molar-refractivity contribution >= 4 is 0 Å². The molecule has 1 rings (SSSR count). The topological polar surface area (TPSA) is 38.7 Å². The molecule has 1 aromatic carbocycles. The van der Waals surface area contributed by atoms with Gasteiger partial charge >= 0.3 is 0 Å². The van der Waals surface area contributed by atoms with Crippen molar-refractivity contribution in [2.24, 2.45) is 0 Å². The Balaban J connectivity index is 2.70. The Labute approximate surface area is 129 Å². The molecule has 0 aromatic heterocycles. The minimum atomic E-state index is -1.13. The molecule has 3 nitrogen and oxygen atoms in total. The highest BCUT2D eigenvalue weighted by Crippen LogP contribution is 2.30. The second kappa shape index (κ2) is 6.80. The zero-order chi connectivity index (χ0) is 16.3. The van der Waals surface area contributed by atoms with Gasteiger partial charge in [0.2, 0.25) is 0 Å². The van der Waals surface area contributed by atoms with Gasteiger partial charge in [-0.2, -0.15) is 0 Å². The molecule has 21 heavy (non-hydrogen) atoms. The molecule has 1 unspecified atom stereocenters. The third kappa shape index (κ3) is 5.68. The molecular weight excluding hydrogens is 264 g/mol. The number of rotatable bonds is 7. The molecule has 0 aliphatic rings. The van der Waals surface area contributed by atoms with Crippen LogP contribution in [0.1, 0.15) is 59.1 Å². The number of aryl methyl sites for hydroxylation is 1. The van der Waals surface area contributed by atoms with Crippen LogP contribution in [0, 0.1) is 6.92 Å². The van der Waals surface area contributed by atoms with Crippen LogP contribution in [0.2, 0.25) is 0 Å². The van der Waals surface area contributed by atoms with Crippen LogP contribution in [0.15, 0.2) is 18.2 Å². The Kier molecular flexibility index (Phi) is 5.83. The largest absolute Gasteiger partial charge is 0.491 e. The molecule has 1 N–H and O–H groups in total. The first-order chi connectivity index (χ1) is 9.55. The Hall–Kier alpha value is -1.06. The van der Waals surface area contributed by atoms with Crippen molar-refractivity contribution in [1.29, 1.82) is 0 Å². The van der Waals surface area contributed by atoms with E-state index >= 15 is 0 Å². The average molecular weight is 294 g/mol. The second-order valence-electron chi connectivity index (χ2n) is 6.90. The highest BCUT2D eigenvalue weighted by Gasteiger charge is 2.20. The van der Waals surface area contributed by atoms with Gasteiger partial charge in [-0.3, -0.25) is 0 Å². The smallest absolute Gasteiger partial charge is 0.160 e. The third-order valence-corrected chi connectivity index (χ3v) is 3.80. The lowest BCUT2D eigenvalue weighted by Gasteiger charge is -2.26. The monoisotopic (exact) mass is 294 g/mol. The van der Waals surface area contributed by atoms with Gasteiger partial charge in [0, 0.05) is 0 Å². The molecule has 0 bridgehead atoms. The summed E-state index contributed by atoms with van der Waals surface area (Å²) >= 11 is 0. The van der Waals surface area contributed by atoms with Crippen molar-refractivity contribution in [3.63, 3.8) is 0 Å². The van der Waals surface area contributed by atoms with Gasteiger partial charge in [0.25, 0.3) is 0 Å². The average Bonchev–Trinajstić information content (AvgIpc) is 2.35. The van der Waals surface area contributed by atoms with Crippen LogP contribution in [0.3, 0.4) is 0 Å². The first-order valence-electron chi connectivity index (χ1n) is 7.69. The second-order valence-corrected chi connectivity index (χ2v) is 6.90. The lowest BCUT2D eigenvalue weighted by Crippen LogP contribution is -2.31. The number of ether oxygens (including phenoxy) is 2. The van der Waals surface area contributed by atoms with Crippen LogP contribution in [-0.2, 0) is 10.2 Å². The summed E-state index contributed by atoms with van der Waals surface area (Å²) in [5.41, 5.74) is 2.64. The van der Waals surface area contributed by atoms with Crippen molar-refractivity contribution < 1.29 is 14.6 Å². The Morgan fingerprint density at radius 2 is 1.81 bits per heavy atom. The van der Waals surface area contributed by atoms with E-state index in [1.165, 1.54) is 5.56 Å². The van der Waals surface area contributed by atoms with Crippen LogP contribution in [0.4, 0.5) is 0 Å². The lowest BCUT2D eigenvalue weighted by molar-refractivity contribution is -0.206. The molecule has 120 valence electrons. The van der Waals surface area contributed by atoms with E-state index in [0.29, 0.717) is 6.61 Å². The molecule has 0 heterocycles. The summed E-state index contributed by atoms with van der Waals surface area (Å²) in [5, 5.41) is 9.62. The molecular formula is C18H30O3. The molecule has 0 amide bonds. The van der Waals surface area contributed by atoms with E-state index in [0.717, 1.165) is 17.7 Å². The van der Waals surface area contributed by atoms with Crippen LogP contribution in [0.5, 0.6) is 5.75 Å². The fourth-order valence-corrected chi connectivity index (χ4v) is 2.17. The number of aliphatic hydroxyl groups is 1. The Morgan fingerprint density at radius 1 is 1.19 bits per heavy atom. The highest BCUT2D eigenvalue weighted by atomic mass is 16.6. The molecule has 0 fully saturated rings. The van der Waals surface area contributed by atoms with Gasteiger partial charge in [-0.25, -0.2) is 0 Å². The molecule has 0 radical (unpaired) electrons. The normalized spacial score (nSPS) is 14.1. The maximum absolute atomic E-state index is 9.62. The predicted octanol–water partition coefficient (Wildman–Crippen LogP) is 4.19. The standard InChI is InChI=1S/C18H30O3/c1-8-17(4,5)15-9-10-16(13(2)11-15)20-12-14(3)21-18(6,7)19/h9-11,14,19H,8,12H2,1-7H3. The first kappa shape index (κ1) is 18.0. The van der Waals surface area contributed by atoms with Crippen molar-refractivity contribution in [2.45, 2.75) is 72.2 Å². The quantitative estimate of drug-likeness (QED) is 0.766. The van der Waals surface area contributed by atoms with E-state index in [1.54, 1.807) is 13.8 Å². The minimum Gasteiger partial charge on any atom is -0.491 e. The van der Waals surface area contributed by atoms with Gasteiger partial charge in [-0.15, -0.1) is 0 Å². The molecule has 0 aliphatic carbocycles. The van der Waals surface area contributed by atoms with Crippen molar-refractivity contribution in [3.05, 3.63) is 29.3 Å². The van der Waals surface area contributed by atoms with Gasteiger partial charge in [0.1, 0.15) is 12.4 Å². The zero-order valence-electron chi connectivity index (χ0n) is 14.5. The van der Waals surface area contributed by atoms with Gasteiger partial charge in [0.15, 0.2) is 5.79 Å².